The molecule has 100 valence electrons. The van der Waals surface area contributed by atoms with Crippen LogP contribution in [-0.4, -0.2) is 44.4 Å². The minimum absolute atomic E-state index is 0.167. The van der Waals surface area contributed by atoms with Gasteiger partial charge in [-0.2, -0.15) is 0 Å². The van der Waals surface area contributed by atoms with Crippen molar-refractivity contribution in [3.05, 3.63) is 18.3 Å². The Kier molecular flexibility index (Phi) is 5.93. The summed E-state index contributed by atoms with van der Waals surface area (Å²) in [6.07, 6.45) is 1.61. The van der Waals surface area contributed by atoms with Gasteiger partial charge in [-0.1, -0.05) is 0 Å². The van der Waals surface area contributed by atoms with Gasteiger partial charge >= 0.3 is 5.97 Å². The van der Waals surface area contributed by atoms with Crippen LogP contribution in [0.2, 0.25) is 0 Å². The molecule has 0 saturated heterocycles. The summed E-state index contributed by atoms with van der Waals surface area (Å²) in [6, 6.07) is 3.51. The summed E-state index contributed by atoms with van der Waals surface area (Å²) in [6.45, 7) is 3.41. The van der Waals surface area contributed by atoms with E-state index in [1.54, 1.807) is 32.4 Å². The lowest BCUT2D eigenvalue weighted by molar-refractivity contribution is -0.141. The van der Waals surface area contributed by atoms with E-state index in [1.807, 2.05) is 4.90 Å². The molecule has 0 bridgehead atoms. The summed E-state index contributed by atoms with van der Waals surface area (Å²) in [4.78, 5) is 17.3. The molecule has 0 aliphatic heterocycles. The van der Waals surface area contributed by atoms with E-state index in [9.17, 15) is 4.79 Å². The monoisotopic (exact) mass is 253 g/mol. The van der Waals surface area contributed by atoms with Crippen LogP contribution in [-0.2, 0) is 14.3 Å². The molecule has 6 nitrogen and oxygen atoms in total. The van der Waals surface area contributed by atoms with Gasteiger partial charge in [0, 0.05) is 31.6 Å². The first kappa shape index (κ1) is 14.2. The number of rotatable bonds is 7. The fourth-order valence-electron chi connectivity index (χ4n) is 1.50. The summed E-state index contributed by atoms with van der Waals surface area (Å²) in [7, 11) is 1.61. The lowest BCUT2D eigenvalue weighted by atomic mass is 10.3. The van der Waals surface area contributed by atoms with Crippen molar-refractivity contribution < 1.29 is 14.3 Å². The predicted octanol–water partition coefficient (Wildman–Crippen LogP) is 0.680. The van der Waals surface area contributed by atoms with Crippen LogP contribution in [0, 0.1) is 0 Å². The van der Waals surface area contributed by atoms with E-state index >= 15 is 0 Å². The maximum atomic E-state index is 11.5. The van der Waals surface area contributed by atoms with E-state index < -0.39 is 0 Å². The zero-order valence-electron chi connectivity index (χ0n) is 10.8. The largest absolute Gasteiger partial charge is 0.465 e. The normalized spacial score (nSPS) is 10.1. The van der Waals surface area contributed by atoms with E-state index in [4.69, 9.17) is 15.2 Å². The predicted molar refractivity (Wildman–Crippen MR) is 69.4 cm³/mol. The first-order chi connectivity index (χ1) is 8.67. The second-order valence-corrected chi connectivity index (χ2v) is 3.66. The molecule has 1 heterocycles. The Bertz CT molecular complexity index is 385. The van der Waals surface area contributed by atoms with Crippen LogP contribution in [0.15, 0.2) is 18.3 Å². The van der Waals surface area contributed by atoms with Gasteiger partial charge in [-0.25, -0.2) is 4.98 Å². The molecule has 0 fully saturated rings. The van der Waals surface area contributed by atoms with Crippen molar-refractivity contribution in [2.45, 2.75) is 6.92 Å². The summed E-state index contributed by atoms with van der Waals surface area (Å²) in [5.74, 6) is 0.141. The molecule has 0 saturated carbocycles. The summed E-state index contributed by atoms with van der Waals surface area (Å²) >= 11 is 0. The summed E-state index contributed by atoms with van der Waals surface area (Å²) in [5.41, 5.74) is 6.46. The highest BCUT2D eigenvalue weighted by atomic mass is 16.5. The fourth-order valence-corrected chi connectivity index (χ4v) is 1.50. The number of ether oxygens (including phenoxy) is 2. The van der Waals surface area contributed by atoms with Crippen molar-refractivity contribution in [1.29, 1.82) is 0 Å². The van der Waals surface area contributed by atoms with Gasteiger partial charge in [-0.15, -0.1) is 0 Å². The fraction of sp³-hybridized carbons (Fsp3) is 0.500. The number of aromatic nitrogens is 1. The topological polar surface area (TPSA) is 77.7 Å². The molecule has 0 aromatic carbocycles. The Balaban J connectivity index is 2.74. The minimum Gasteiger partial charge on any atom is -0.465 e. The minimum atomic E-state index is -0.274. The maximum absolute atomic E-state index is 11.5. The van der Waals surface area contributed by atoms with Crippen molar-refractivity contribution in [2.24, 2.45) is 0 Å². The van der Waals surface area contributed by atoms with Crippen LogP contribution in [0.25, 0.3) is 0 Å². The molecular weight excluding hydrogens is 234 g/mol. The number of methoxy groups -OCH3 is 1. The van der Waals surface area contributed by atoms with Crippen LogP contribution in [0.5, 0.6) is 0 Å². The molecule has 18 heavy (non-hydrogen) atoms. The quantitative estimate of drug-likeness (QED) is 0.720. The van der Waals surface area contributed by atoms with E-state index in [1.165, 1.54) is 0 Å². The smallest absolute Gasteiger partial charge is 0.325 e. The van der Waals surface area contributed by atoms with Gasteiger partial charge in [-0.05, 0) is 13.0 Å². The number of nitrogens with zero attached hydrogens (tertiary/aromatic N) is 2. The lowest BCUT2D eigenvalue weighted by Crippen LogP contribution is -2.33. The zero-order valence-corrected chi connectivity index (χ0v) is 10.8. The second kappa shape index (κ2) is 7.50. The third-order valence-corrected chi connectivity index (χ3v) is 2.32. The number of carbonyl (C=O) groups excluding carboxylic acids is 1. The molecule has 1 aromatic heterocycles. The van der Waals surface area contributed by atoms with E-state index in [0.29, 0.717) is 25.6 Å². The van der Waals surface area contributed by atoms with Crippen molar-refractivity contribution in [2.75, 3.05) is 44.0 Å². The average molecular weight is 253 g/mol. The number of esters is 1. The van der Waals surface area contributed by atoms with Gasteiger partial charge in [-0.3, -0.25) is 4.79 Å². The van der Waals surface area contributed by atoms with E-state index in [2.05, 4.69) is 4.98 Å². The highest BCUT2D eigenvalue weighted by Gasteiger charge is 2.12. The Hall–Kier alpha value is -1.82. The molecule has 1 rings (SSSR count). The van der Waals surface area contributed by atoms with Crippen molar-refractivity contribution >= 4 is 17.5 Å². The SMILES string of the molecule is CCOC(=O)CN(CCOC)c1ccnc(N)c1. The average Bonchev–Trinajstić information content (AvgIpc) is 2.34. The second-order valence-electron chi connectivity index (χ2n) is 3.66. The molecule has 0 aliphatic rings. The number of anilines is 2. The molecule has 0 aliphatic carbocycles. The number of hydrogen-bond acceptors (Lipinski definition) is 6. The number of carbonyl (C=O) groups is 1. The Morgan fingerprint density at radius 3 is 2.94 bits per heavy atom. The van der Waals surface area contributed by atoms with Crippen LogP contribution < -0.4 is 10.6 Å². The van der Waals surface area contributed by atoms with Crippen LogP contribution in [0.3, 0.4) is 0 Å². The molecule has 0 amide bonds. The molecule has 6 heteroatoms. The number of nitrogens with two attached hydrogens (primary N) is 1. The Morgan fingerprint density at radius 1 is 1.56 bits per heavy atom. The standard InChI is InChI=1S/C12H19N3O3/c1-3-18-12(16)9-15(6-7-17-2)10-4-5-14-11(13)8-10/h4-5,8H,3,6-7,9H2,1-2H3,(H2,13,14). The van der Waals surface area contributed by atoms with Crippen LogP contribution in [0.1, 0.15) is 6.92 Å². The van der Waals surface area contributed by atoms with E-state index in [0.717, 1.165) is 5.69 Å². The highest BCUT2D eigenvalue weighted by molar-refractivity contribution is 5.76. The molecule has 0 atom stereocenters. The molecule has 0 unspecified atom stereocenters. The highest BCUT2D eigenvalue weighted by Crippen LogP contribution is 2.15. The molecule has 0 spiro atoms. The number of nitrogen functional groups attached to an aromatic ring is 1. The molecule has 0 radical (unpaired) electrons. The van der Waals surface area contributed by atoms with E-state index in [-0.39, 0.29) is 12.5 Å². The van der Waals surface area contributed by atoms with Crippen molar-refractivity contribution in [3.8, 4) is 0 Å². The third kappa shape index (κ3) is 4.58. The number of hydrogen-bond donors (Lipinski definition) is 1. The summed E-state index contributed by atoms with van der Waals surface area (Å²) in [5, 5.41) is 0. The Labute approximate surface area is 107 Å². The maximum Gasteiger partial charge on any atom is 0.325 e. The van der Waals surface area contributed by atoms with Gasteiger partial charge in [0.05, 0.1) is 13.2 Å². The van der Waals surface area contributed by atoms with Crippen molar-refractivity contribution in [3.63, 3.8) is 0 Å². The first-order valence-electron chi connectivity index (χ1n) is 5.78. The van der Waals surface area contributed by atoms with Gasteiger partial charge in [0.25, 0.3) is 0 Å². The van der Waals surface area contributed by atoms with Crippen LogP contribution in [0.4, 0.5) is 11.5 Å². The van der Waals surface area contributed by atoms with Gasteiger partial charge in [0.15, 0.2) is 0 Å². The Morgan fingerprint density at radius 2 is 2.33 bits per heavy atom. The third-order valence-electron chi connectivity index (χ3n) is 2.32. The molecule has 2 N–H and O–H groups in total. The van der Waals surface area contributed by atoms with Gasteiger partial charge in [0.1, 0.15) is 12.4 Å². The molecule has 1 aromatic rings. The van der Waals surface area contributed by atoms with Crippen LogP contribution >= 0.6 is 0 Å². The first-order valence-corrected chi connectivity index (χ1v) is 5.78. The summed E-state index contributed by atoms with van der Waals surface area (Å²) < 4.78 is 9.96. The lowest BCUT2D eigenvalue weighted by Gasteiger charge is -2.23. The zero-order chi connectivity index (χ0) is 13.4. The number of pyridine rings is 1. The van der Waals surface area contributed by atoms with Gasteiger partial charge in [0.2, 0.25) is 0 Å². The van der Waals surface area contributed by atoms with Gasteiger partial charge < -0.3 is 20.1 Å². The van der Waals surface area contributed by atoms with Crippen molar-refractivity contribution in [1.82, 2.24) is 4.98 Å². The molecular formula is C12H19N3O3.